The van der Waals surface area contributed by atoms with Crippen LogP contribution in [0.2, 0.25) is 0 Å². The summed E-state index contributed by atoms with van der Waals surface area (Å²) in [4.78, 5) is 29.2. The van der Waals surface area contributed by atoms with Crippen LogP contribution in [0.5, 0.6) is 0 Å². The number of anilines is 1. The summed E-state index contributed by atoms with van der Waals surface area (Å²) >= 11 is 0. The molecule has 0 bridgehead atoms. The predicted molar refractivity (Wildman–Crippen MR) is 136 cm³/mol. The summed E-state index contributed by atoms with van der Waals surface area (Å²) < 4.78 is 26.7. The van der Waals surface area contributed by atoms with Crippen LogP contribution in [0.4, 0.5) is 5.69 Å². The topological polar surface area (TPSA) is 117 Å². The van der Waals surface area contributed by atoms with Crippen LogP contribution < -0.4 is 15.4 Å². The highest BCUT2D eigenvalue weighted by atomic mass is 32.2. The number of carbonyl (C=O) groups excluding carboxylic acids is 2. The first kappa shape index (κ1) is 24.9. The SMILES string of the molecule is O=C(CCCCCN=C1NS(=O)(=O)c2ccccc21)NCc1cccc(NC(=O)C2CCCC2)c1. The molecule has 9 heteroatoms. The van der Waals surface area contributed by atoms with Gasteiger partial charge in [0, 0.05) is 36.7 Å². The van der Waals surface area contributed by atoms with Crippen molar-refractivity contribution in [1.82, 2.24) is 10.0 Å². The second kappa shape index (κ2) is 11.5. The highest BCUT2D eigenvalue weighted by molar-refractivity contribution is 7.90. The first-order valence-electron chi connectivity index (χ1n) is 12.3. The highest BCUT2D eigenvalue weighted by Gasteiger charge is 2.29. The van der Waals surface area contributed by atoms with Crippen LogP contribution in [0.25, 0.3) is 0 Å². The maximum atomic E-state index is 12.3. The van der Waals surface area contributed by atoms with E-state index in [-0.39, 0.29) is 22.6 Å². The number of fused-ring (bicyclic) bond motifs is 1. The number of nitrogens with one attached hydrogen (secondary N) is 3. The number of hydrogen-bond donors (Lipinski definition) is 3. The lowest BCUT2D eigenvalue weighted by atomic mass is 10.1. The maximum absolute atomic E-state index is 12.3. The van der Waals surface area contributed by atoms with Crippen molar-refractivity contribution in [3.05, 3.63) is 59.7 Å². The van der Waals surface area contributed by atoms with Crippen LogP contribution in [0.15, 0.2) is 58.4 Å². The Bertz CT molecular complexity index is 1200. The van der Waals surface area contributed by atoms with E-state index in [0.29, 0.717) is 30.9 Å². The molecule has 1 aliphatic carbocycles. The Morgan fingerprint density at radius 2 is 1.80 bits per heavy atom. The van der Waals surface area contributed by atoms with Gasteiger partial charge in [-0.2, -0.15) is 0 Å². The molecule has 1 fully saturated rings. The fourth-order valence-electron chi connectivity index (χ4n) is 4.50. The Kier molecular flexibility index (Phi) is 8.17. The Morgan fingerprint density at radius 1 is 1.00 bits per heavy atom. The lowest BCUT2D eigenvalue weighted by Gasteiger charge is -2.12. The molecule has 1 aliphatic heterocycles. The fourth-order valence-corrected chi connectivity index (χ4v) is 5.75. The van der Waals surface area contributed by atoms with Gasteiger partial charge in [0.2, 0.25) is 11.8 Å². The molecule has 0 aromatic heterocycles. The van der Waals surface area contributed by atoms with Gasteiger partial charge >= 0.3 is 0 Å². The zero-order valence-electron chi connectivity index (χ0n) is 19.8. The van der Waals surface area contributed by atoms with Crippen LogP contribution >= 0.6 is 0 Å². The van der Waals surface area contributed by atoms with Gasteiger partial charge in [-0.1, -0.05) is 43.5 Å². The van der Waals surface area contributed by atoms with E-state index in [1.54, 1.807) is 24.3 Å². The van der Waals surface area contributed by atoms with E-state index < -0.39 is 10.0 Å². The van der Waals surface area contributed by atoms with Crippen molar-refractivity contribution in [2.45, 2.75) is 62.8 Å². The summed E-state index contributed by atoms with van der Waals surface area (Å²) in [7, 11) is -3.51. The summed E-state index contributed by atoms with van der Waals surface area (Å²) in [6.45, 7) is 0.909. The Balaban J connectivity index is 1.14. The number of hydrogen-bond acceptors (Lipinski definition) is 5. The Morgan fingerprint density at radius 3 is 2.63 bits per heavy atom. The molecule has 2 amide bonds. The normalized spacial score (nSPS) is 17.7. The molecule has 35 heavy (non-hydrogen) atoms. The smallest absolute Gasteiger partial charge is 0.263 e. The van der Waals surface area contributed by atoms with Gasteiger partial charge < -0.3 is 10.6 Å². The first-order valence-corrected chi connectivity index (χ1v) is 13.7. The number of aliphatic imine (C=N–C) groups is 1. The third-order valence-electron chi connectivity index (χ3n) is 6.40. The van der Waals surface area contributed by atoms with E-state index in [0.717, 1.165) is 56.2 Å². The molecule has 4 rings (SSSR count). The maximum Gasteiger partial charge on any atom is 0.263 e. The summed E-state index contributed by atoms with van der Waals surface area (Å²) in [5.74, 6) is 0.570. The molecule has 2 aromatic carbocycles. The molecule has 8 nitrogen and oxygen atoms in total. The monoisotopic (exact) mass is 496 g/mol. The third-order valence-corrected chi connectivity index (χ3v) is 7.80. The van der Waals surface area contributed by atoms with Crippen molar-refractivity contribution in [3.8, 4) is 0 Å². The van der Waals surface area contributed by atoms with Gasteiger partial charge in [-0.25, -0.2) is 8.42 Å². The van der Waals surface area contributed by atoms with Crippen molar-refractivity contribution >= 4 is 33.4 Å². The number of rotatable bonds is 10. The van der Waals surface area contributed by atoms with Crippen LogP contribution in [-0.4, -0.2) is 32.6 Å². The number of sulfonamides is 1. The van der Waals surface area contributed by atoms with Crippen LogP contribution in [0, 0.1) is 5.92 Å². The number of nitrogens with zero attached hydrogens (tertiary/aromatic N) is 1. The largest absolute Gasteiger partial charge is 0.352 e. The van der Waals surface area contributed by atoms with Crippen molar-refractivity contribution in [3.63, 3.8) is 0 Å². The van der Waals surface area contributed by atoms with Crippen molar-refractivity contribution in [2.24, 2.45) is 10.9 Å². The molecular weight excluding hydrogens is 464 g/mol. The van der Waals surface area contributed by atoms with E-state index in [1.165, 1.54) is 0 Å². The van der Waals surface area contributed by atoms with E-state index in [2.05, 4.69) is 20.3 Å². The predicted octanol–water partition coefficient (Wildman–Crippen LogP) is 3.73. The third kappa shape index (κ3) is 6.69. The van der Waals surface area contributed by atoms with Crippen molar-refractivity contribution < 1.29 is 18.0 Å². The van der Waals surface area contributed by atoms with Gasteiger partial charge in [-0.05, 0) is 55.5 Å². The highest BCUT2D eigenvalue weighted by Crippen LogP contribution is 2.26. The molecule has 0 atom stereocenters. The molecule has 2 aromatic rings. The van der Waals surface area contributed by atoms with E-state index in [9.17, 15) is 18.0 Å². The summed E-state index contributed by atoms with van der Waals surface area (Å²) in [6, 6.07) is 14.4. The van der Waals surface area contributed by atoms with E-state index >= 15 is 0 Å². The van der Waals surface area contributed by atoms with Crippen LogP contribution in [-0.2, 0) is 26.2 Å². The molecule has 0 spiro atoms. The van der Waals surface area contributed by atoms with Gasteiger partial charge in [-0.15, -0.1) is 0 Å². The lowest BCUT2D eigenvalue weighted by molar-refractivity contribution is -0.121. The zero-order valence-corrected chi connectivity index (χ0v) is 20.6. The molecule has 0 saturated heterocycles. The average molecular weight is 497 g/mol. The van der Waals surface area contributed by atoms with Crippen LogP contribution in [0.3, 0.4) is 0 Å². The number of amides is 2. The van der Waals surface area contributed by atoms with Crippen molar-refractivity contribution in [2.75, 3.05) is 11.9 Å². The summed E-state index contributed by atoms with van der Waals surface area (Å²) in [6.07, 6.45) is 6.90. The minimum Gasteiger partial charge on any atom is -0.352 e. The van der Waals surface area contributed by atoms with Gasteiger partial charge in [-0.3, -0.25) is 19.3 Å². The van der Waals surface area contributed by atoms with Gasteiger partial charge in [0.15, 0.2) is 0 Å². The quantitative estimate of drug-likeness (QED) is 0.435. The zero-order chi connectivity index (χ0) is 24.7. The molecule has 1 heterocycles. The van der Waals surface area contributed by atoms with Gasteiger partial charge in [0.05, 0.1) is 4.90 Å². The second-order valence-electron chi connectivity index (χ2n) is 9.09. The minimum absolute atomic E-state index is 0.0193. The number of amidine groups is 1. The molecule has 0 radical (unpaired) electrons. The molecule has 2 aliphatic rings. The Hall–Kier alpha value is -3.20. The summed E-state index contributed by atoms with van der Waals surface area (Å²) in [5, 5.41) is 5.93. The van der Waals surface area contributed by atoms with Crippen LogP contribution in [0.1, 0.15) is 62.5 Å². The molecule has 3 N–H and O–H groups in total. The first-order chi connectivity index (χ1) is 16.9. The lowest BCUT2D eigenvalue weighted by Crippen LogP contribution is -2.23. The van der Waals surface area contributed by atoms with E-state index in [1.807, 2.05) is 24.3 Å². The molecule has 1 saturated carbocycles. The molecule has 0 unspecified atom stereocenters. The Labute approximate surface area is 206 Å². The van der Waals surface area contributed by atoms with E-state index in [4.69, 9.17) is 0 Å². The van der Waals surface area contributed by atoms with Crippen molar-refractivity contribution in [1.29, 1.82) is 0 Å². The molecular formula is C26H32N4O4S. The number of benzene rings is 2. The standard InChI is InChI=1S/C26H32N4O4S/c31-24(28-18-19-9-8-12-21(17-19)29-26(32)20-10-3-4-11-20)15-2-1-7-16-27-25-22-13-5-6-14-23(22)35(33,34)30-25/h5-6,8-9,12-14,17,20H,1-4,7,10-11,15-16,18H2,(H,27,30)(H,28,31)(H,29,32). The number of unbranched alkanes of at least 4 members (excludes halogenated alkanes) is 2. The number of carbonyl (C=O) groups is 2. The van der Waals surface area contributed by atoms with Gasteiger partial charge in [0.1, 0.15) is 5.84 Å². The minimum atomic E-state index is -3.51. The summed E-state index contributed by atoms with van der Waals surface area (Å²) in [5.41, 5.74) is 2.31. The molecule has 186 valence electrons. The second-order valence-corrected chi connectivity index (χ2v) is 10.7. The average Bonchev–Trinajstić information content (AvgIpc) is 3.47. The fraction of sp³-hybridized carbons (Fsp3) is 0.423. The van der Waals surface area contributed by atoms with Gasteiger partial charge in [0.25, 0.3) is 10.0 Å².